The monoisotopic (exact) mass is 182 g/mol. The summed E-state index contributed by atoms with van der Waals surface area (Å²) in [7, 11) is 0. The van der Waals surface area contributed by atoms with Crippen molar-refractivity contribution >= 4 is 5.78 Å². The summed E-state index contributed by atoms with van der Waals surface area (Å²) in [5, 5.41) is 0. The summed E-state index contributed by atoms with van der Waals surface area (Å²) in [6, 6.07) is 0. The van der Waals surface area contributed by atoms with Gasteiger partial charge in [-0.1, -0.05) is 31.9 Å². The molecule has 0 aromatic heterocycles. The van der Waals surface area contributed by atoms with E-state index in [-0.39, 0.29) is 0 Å². The van der Waals surface area contributed by atoms with Crippen LogP contribution in [0.1, 0.15) is 58.8 Å². The van der Waals surface area contributed by atoms with Crippen LogP contribution in [0.5, 0.6) is 0 Å². The van der Waals surface area contributed by atoms with Gasteiger partial charge in [0.1, 0.15) is 5.78 Å². The molecule has 0 fully saturated rings. The molecular formula is C12H22O. The molecule has 0 bridgehead atoms. The van der Waals surface area contributed by atoms with Crippen LogP contribution in [0.2, 0.25) is 0 Å². The minimum Gasteiger partial charge on any atom is -0.300 e. The number of carbonyl (C=O) groups is 1. The van der Waals surface area contributed by atoms with Crippen molar-refractivity contribution in [1.29, 1.82) is 0 Å². The quantitative estimate of drug-likeness (QED) is 0.411. The van der Waals surface area contributed by atoms with E-state index in [0.717, 1.165) is 12.8 Å². The Kier molecular flexibility index (Phi) is 9.07. The maximum Gasteiger partial charge on any atom is 0.132 e. The van der Waals surface area contributed by atoms with Crippen LogP contribution in [-0.2, 0) is 4.79 Å². The van der Waals surface area contributed by atoms with Crippen LogP contribution >= 0.6 is 0 Å². The Bertz CT molecular complexity index is 147. The molecule has 0 aliphatic rings. The summed E-state index contributed by atoms with van der Waals surface area (Å²) in [4.78, 5) is 10.9. The minimum atomic E-state index is 0.411. The molecular weight excluding hydrogens is 160 g/mol. The number of hydrogen-bond acceptors (Lipinski definition) is 1. The van der Waals surface area contributed by atoms with E-state index in [4.69, 9.17) is 0 Å². The van der Waals surface area contributed by atoms with Crippen molar-refractivity contribution < 1.29 is 4.79 Å². The summed E-state index contributed by atoms with van der Waals surface area (Å²) in [5.41, 5.74) is 0. The minimum absolute atomic E-state index is 0.411. The van der Waals surface area contributed by atoms with Crippen molar-refractivity contribution in [2.45, 2.75) is 58.8 Å². The Morgan fingerprint density at radius 1 is 1.15 bits per heavy atom. The van der Waals surface area contributed by atoms with Crippen molar-refractivity contribution in [2.24, 2.45) is 0 Å². The predicted octanol–water partition coefficient (Wildman–Crippen LogP) is 3.88. The van der Waals surface area contributed by atoms with Gasteiger partial charge in [-0.3, -0.25) is 4.79 Å². The third-order valence-corrected chi connectivity index (χ3v) is 2.21. The van der Waals surface area contributed by atoms with Crippen LogP contribution in [0, 0.1) is 0 Å². The molecule has 0 saturated heterocycles. The lowest BCUT2D eigenvalue weighted by atomic mass is 10.1. The van der Waals surface area contributed by atoms with Crippen LogP contribution < -0.4 is 0 Å². The highest BCUT2D eigenvalue weighted by atomic mass is 16.1. The van der Waals surface area contributed by atoms with E-state index >= 15 is 0 Å². The van der Waals surface area contributed by atoms with Gasteiger partial charge in [-0.15, -0.1) is 0 Å². The molecule has 0 spiro atoms. The summed E-state index contributed by atoms with van der Waals surface area (Å²) in [5.74, 6) is 0.411. The molecule has 0 aliphatic carbocycles. The van der Waals surface area contributed by atoms with E-state index in [0.29, 0.717) is 12.2 Å². The zero-order chi connectivity index (χ0) is 9.94. The molecule has 0 aromatic rings. The van der Waals surface area contributed by atoms with Gasteiger partial charge >= 0.3 is 0 Å². The molecule has 0 saturated carbocycles. The topological polar surface area (TPSA) is 17.1 Å². The summed E-state index contributed by atoms with van der Waals surface area (Å²) >= 11 is 0. The largest absolute Gasteiger partial charge is 0.300 e. The van der Waals surface area contributed by atoms with Crippen molar-refractivity contribution in [3.63, 3.8) is 0 Å². The lowest BCUT2D eigenvalue weighted by Gasteiger charge is -1.98. The first kappa shape index (κ1) is 12.4. The molecule has 0 aromatic carbocycles. The van der Waals surface area contributed by atoms with Crippen LogP contribution in [-0.4, -0.2) is 5.78 Å². The average molecular weight is 182 g/mol. The zero-order valence-electron chi connectivity index (χ0n) is 9.01. The van der Waals surface area contributed by atoms with Crippen molar-refractivity contribution in [3.05, 3.63) is 12.2 Å². The molecule has 0 radical (unpaired) electrons. The van der Waals surface area contributed by atoms with Crippen LogP contribution in [0.4, 0.5) is 0 Å². The zero-order valence-corrected chi connectivity index (χ0v) is 9.01. The number of ketones is 1. The lowest BCUT2D eigenvalue weighted by molar-refractivity contribution is -0.118. The molecule has 0 atom stereocenters. The second-order valence-corrected chi connectivity index (χ2v) is 3.41. The fraction of sp³-hybridized carbons (Fsp3) is 0.750. The summed E-state index contributed by atoms with van der Waals surface area (Å²) in [6.45, 7) is 3.99. The fourth-order valence-corrected chi connectivity index (χ4v) is 1.28. The molecule has 0 amide bonds. The molecule has 0 heterocycles. The highest BCUT2D eigenvalue weighted by Gasteiger charge is 1.96. The first-order valence-corrected chi connectivity index (χ1v) is 5.44. The van der Waals surface area contributed by atoms with E-state index in [2.05, 4.69) is 19.1 Å². The smallest absolute Gasteiger partial charge is 0.132 e. The predicted molar refractivity (Wildman–Crippen MR) is 57.8 cm³/mol. The van der Waals surface area contributed by atoms with E-state index in [9.17, 15) is 4.79 Å². The van der Waals surface area contributed by atoms with E-state index < -0.39 is 0 Å². The van der Waals surface area contributed by atoms with E-state index in [1.807, 2.05) is 6.92 Å². The van der Waals surface area contributed by atoms with Crippen LogP contribution in [0.25, 0.3) is 0 Å². The Balaban J connectivity index is 3.03. The summed E-state index contributed by atoms with van der Waals surface area (Å²) in [6.07, 6.45) is 11.8. The fourth-order valence-electron chi connectivity index (χ4n) is 1.28. The van der Waals surface area contributed by atoms with Crippen LogP contribution in [0.3, 0.4) is 0 Å². The van der Waals surface area contributed by atoms with Crippen LogP contribution in [0.15, 0.2) is 12.2 Å². The second-order valence-electron chi connectivity index (χ2n) is 3.41. The first-order valence-electron chi connectivity index (χ1n) is 5.44. The maximum atomic E-state index is 10.9. The molecule has 1 heteroatoms. The van der Waals surface area contributed by atoms with Crippen molar-refractivity contribution in [1.82, 2.24) is 0 Å². The molecule has 0 N–H and O–H groups in total. The third-order valence-electron chi connectivity index (χ3n) is 2.21. The number of rotatable bonds is 8. The first-order chi connectivity index (χ1) is 6.31. The van der Waals surface area contributed by atoms with E-state index in [1.54, 1.807) is 0 Å². The van der Waals surface area contributed by atoms with Crippen molar-refractivity contribution in [2.75, 3.05) is 0 Å². The van der Waals surface area contributed by atoms with Crippen molar-refractivity contribution in [3.8, 4) is 0 Å². The molecule has 0 unspecified atom stereocenters. The molecule has 1 nitrogen and oxygen atoms in total. The number of carbonyl (C=O) groups excluding carboxylic acids is 1. The highest BCUT2D eigenvalue weighted by molar-refractivity contribution is 5.77. The molecule has 76 valence electrons. The number of Topliss-reactive ketones (excluding diaryl/α,β-unsaturated/α-hetero) is 1. The Morgan fingerprint density at radius 3 is 2.46 bits per heavy atom. The average Bonchev–Trinajstić information content (AvgIpc) is 2.16. The van der Waals surface area contributed by atoms with Gasteiger partial charge in [0.15, 0.2) is 0 Å². The molecule has 0 rings (SSSR count). The molecule has 0 aliphatic heterocycles. The second kappa shape index (κ2) is 9.50. The Morgan fingerprint density at radius 2 is 1.85 bits per heavy atom. The van der Waals surface area contributed by atoms with E-state index in [1.165, 1.54) is 25.7 Å². The Labute approximate surface area is 82.2 Å². The number of hydrogen-bond donors (Lipinski definition) is 0. The standard InChI is InChI=1S/C12H22O/c1-3-5-6-7-8-9-10-11-12(13)4-2/h3,5H,4,6-11H2,1-2H3/b5-3+. The van der Waals surface area contributed by atoms with Gasteiger partial charge < -0.3 is 0 Å². The van der Waals surface area contributed by atoms with Gasteiger partial charge in [0.05, 0.1) is 0 Å². The van der Waals surface area contributed by atoms with Gasteiger partial charge in [0.25, 0.3) is 0 Å². The maximum absolute atomic E-state index is 10.9. The van der Waals surface area contributed by atoms with Gasteiger partial charge in [-0.05, 0) is 26.2 Å². The van der Waals surface area contributed by atoms with Gasteiger partial charge in [-0.25, -0.2) is 0 Å². The number of allylic oxidation sites excluding steroid dienone is 2. The summed E-state index contributed by atoms with van der Waals surface area (Å²) < 4.78 is 0. The van der Waals surface area contributed by atoms with Gasteiger partial charge in [0.2, 0.25) is 0 Å². The lowest BCUT2D eigenvalue weighted by Crippen LogP contribution is -1.93. The number of unbranched alkanes of at least 4 members (excludes halogenated alkanes) is 4. The van der Waals surface area contributed by atoms with Gasteiger partial charge in [0, 0.05) is 12.8 Å². The SMILES string of the molecule is C/C=C/CCCCCCC(=O)CC. The highest BCUT2D eigenvalue weighted by Crippen LogP contribution is 2.06. The Hall–Kier alpha value is -0.590. The third kappa shape index (κ3) is 9.32. The van der Waals surface area contributed by atoms with Gasteiger partial charge in [-0.2, -0.15) is 0 Å². The normalized spacial score (nSPS) is 10.9. The molecule has 13 heavy (non-hydrogen) atoms.